The van der Waals surface area contributed by atoms with Crippen LogP contribution in [0.4, 0.5) is 5.69 Å². The van der Waals surface area contributed by atoms with Crippen molar-refractivity contribution in [3.63, 3.8) is 0 Å². The number of hydrogen-bond donors (Lipinski definition) is 1. The number of carbonyl (C=O) groups excluding carboxylic acids is 3. The van der Waals surface area contributed by atoms with Gasteiger partial charge in [0.15, 0.2) is 5.78 Å². The number of rotatable bonds is 6. The Kier molecular flexibility index (Phi) is 6.31. The van der Waals surface area contributed by atoms with E-state index in [1.54, 1.807) is 36.4 Å². The minimum absolute atomic E-state index is 0.0995. The monoisotopic (exact) mass is 358 g/mol. The molecule has 0 aliphatic heterocycles. The maximum atomic E-state index is 12.2. The fourth-order valence-electron chi connectivity index (χ4n) is 2.28. The maximum absolute atomic E-state index is 12.2. The molecule has 0 fully saturated rings. The van der Waals surface area contributed by atoms with E-state index >= 15 is 0 Å². The minimum Gasteiger partial charge on any atom is -0.350 e. The van der Waals surface area contributed by atoms with Gasteiger partial charge in [0, 0.05) is 29.7 Å². The third kappa shape index (κ3) is 5.43. The molecule has 0 radical (unpaired) electrons. The lowest BCUT2D eigenvalue weighted by Gasteiger charge is -2.21. The number of Topliss-reactive ketones (excluding diaryl/α,β-unsaturated/α-hetero) is 1. The average Bonchev–Trinajstić information content (AvgIpc) is 2.59. The van der Waals surface area contributed by atoms with Crippen molar-refractivity contribution in [2.24, 2.45) is 0 Å². The first kappa shape index (κ1) is 18.7. The molecule has 0 aromatic heterocycles. The first-order valence-corrected chi connectivity index (χ1v) is 8.15. The van der Waals surface area contributed by atoms with Crippen molar-refractivity contribution >= 4 is 34.9 Å². The van der Waals surface area contributed by atoms with Crippen LogP contribution in [0, 0.1) is 0 Å². The van der Waals surface area contributed by atoms with Gasteiger partial charge in [0.2, 0.25) is 11.8 Å². The average molecular weight is 359 g/mol. The van der Waals surface area contributed by atoms with Gasteiger partial charge in [-0.25, -0.2) is 0 Å². The highest BCUT2D eigenvalue weighted by Gasteiger charge is 2.16. The molecule has 0 aliphatic rings. The van der Waals surface area contributed by atoms with Gasteiger partial charge in [-0.3, -0.25) is 14.4 Å². The Morgan fingerprint density at radius 1 is 1.04 bits per heavy atom. The molecular weight excluding hydrogens is 340 g/mol. The normalized spacial score (nSPS) is 10.2. The molecule has 0 saturated heterocycles. The van der Waals surface area contributed by atoms with E-state index < -0.39 is 0 Å². The highest BCUT2D eigenvalue weighted by atomic mass is 35.5. The van der Waals surface area contributed by atoms with Gasteiger partial charge >= 0.3 is 0 Å². The number of ketones is 1. The topological polar surface area (TPSA) is 66.5 Å². The second kappa shape index (κ2) is 8.44. The quantitative estimate of drug-likeness (QED) is 0.806. The Morgan fingerprint density at radius 3 is 2.32 bits per heavy atom. The van der Waals surface area contributed by atoms with Gasteiger partial charge in [-0.1, -0.05) is 35.9 Å². The van der Waals surface area contributed by atoms with Gasteiger partial charge in [-0.05, 0) is 36.8 Å². The highest BCUT2D eigenvalue weighted by molar-refractivity contribution is 6.30. The van der Waals surface area contributed by atoms with Crippen molar-refractivity contribution in [3.05, 3.63) is 64.7 Å². The van der Waals surface area contributed by atoms with Gasteiger partial charge in [-0.15, -0.1) is 0 Å². The zero-order valence-electron chi connectivity index (χ0n) is 14.1. The fraction of sp³-hybridized carbons (Fsp3) is 0.211. The Labute approximate surface area is 151 Å². The van der Waals surface area contributed by atoms with E-state index in [4.69, 9.17) is 11.6 Å². The summed E-state index contributed by atoms with van der Waals surface area (Å²) in [6, 6.07) is 13.8. The summed E-state index contributed by atoms with van der Waals surface area (Å²) in [5.74, 6) is -0.668. The summed E-state index contributed by atoms with van der Waals surface area (Å²) in [5, 5.41) is 3.40. The molecule has 0 heterocycles. The molecule has 0 spiro atoms. The zero-order chi connectivity index (χ0) is 18.4. The number of halogens is 1. The largest absolute Gasteiger partial charge is 0.350 e. The van der Waals surface area contributed by atoms with Gasteiger partial charge in [0.25, 0.3) is 0 Å². The maximum Gasteiger partial charge on any atom is 0.240 e. The van der Waals surface area contributed by atoms with Crippen molar-refractivity contribution in [2.75, 3.05) is 11.4 Å². The van der Waals surface area contributed by atoms with Crippen LogP contribution in [0.15, 0.2) is 48.5 Å². The van der Waals surface area contributed by atoms with Gasteiger partial charge in [-0.2, -0.15) is 0 Å². The molecular formula is C19H19ClN2O3. The lowest BCUT2D eigenvalue weighted by atomic mass is 10.1. The van der Waals surface area contributed by atoms with Crippen molar-refractivity contribution in [1.29, 1.82) is 0 Å². The van der Waals surface area contributed by atoms with Crippen LogP contribution in [0.2, 0.25) is 5.02 Å². The second-order valence-electron chi connectivity index (χ2n) is 5.61. The lowest BCUT2D eigenvalue weighted by Crippen LogP contribution is -2.39. The van der Waals surface area contributed by atoms with Crippen LogP contribution in [0.25, 0.3) is 0 Å². The van der Waals surface area contributed by atoms with E-state index in [-0.39, 0.29) is 24.1 Å². The number of amides is 2. The predicted octanol–water partition coefficient (Wildman–Crippen LogP) is 3.21. The highest BCUT2D eigenvalue weighted by Crippen LogP contribution is 2.17. The number of nitrogens with one attached hydrogen (secondary N) is 1. The van der Waals surface area contributed by atoms with Gasteiger partial charge < -0.3 is 10.2 Å². The standard InChI is InChI=1S/C19H19ClN2O3/c1-13(23)16-4-3-5-18(10-16)22(14(2)24)12-19(25)21-11-15-6-8-17(20)9-7-15/h3-10H,11-12H2,1-2H3,(H,21,25). The van der Waals surface area contributed by atoms with E-state index in [0.717, 1.165) is 5.56 Å². The van der Waals surface area contributed by atoms with E-state index in [1.807, 2.05) is 12.1 Å². The minimum atomic E-state index is -0.293. The molecule has 2 aromatic rings. The smallest absolute Gasteiger partial charge is 0.240 e. The van der Waals surface area contributed by atoms with Gasteiger partial charge in [0.05, 0.1) is 0 Å². The van der Waals surface area contributed by atoms with E-state index in [9.17, 15) is 14.4 Å². The molecule has 2 aromatic carbocycles. The van der Waals surface area contributed by atoms with Gasteiger partial charge in [0.1, 0.15) is 6.54 Å². The Hall–Kier alpha value is -2.66. The zero-order valence-corrected chi connectivity index (χ0v) is 14.8. The lowest BCUT2D eigenvalue weighted by molar-refractivity contribution is -0.123. The van der Waals surface area contributed by atoms with E-state index in [1.165, 1.54) is 18.7 Å². The number of nitrogens with zero attached hydrogens (tertiary/aromatic N) is 1. The summed E-state index contributed by atoms with van der Waals surface area (Å²) in [6.45, 7) is 3.06. The van der Waals surface area contributed by atoms with Crippen LogP contribution in [-0.2, 0) is 16.1 Å². The molecule has 6 heteroatoms. The summed E-state index contributed by atoms with van der Waals surface area (Å²) in [4.78, 5) is 37.0. The molecule has 0 unspecified atom stereocenters. The molecule has 0 saturated carbocycles. The van der Waals surface area contributed by atoms with Crippen molar-refractivity contribution in [2.45, 2.75) is 20.4 Å². The molecule has 0 atom stereocenters. The molecule has 2 amide bonds. The third-order valence-corrected chi connectivity index (χ3v) is 3.90. The van der Waals surface area contributed by atoms with Crippen molar-refractivity contribution < 1.29 is 14.4 Å². The molecule has 5 nitrogen and oxygen atoms in total. The number of hydrogen-bond acceptors (Lipinski definition) is 3. The number of anilines is 1. The van der Waals surface area contributed by atoms with Crippen LogP contribution in [0.1, 0.15) is 29.8 Å². The number of benzene rings is 2. The summed E-state index contributed by atoms with van der Waals surface area (Å²) in [6.07, 6.45) is 0. The van der Waals surface area contributed by atoms with Crippen LogP contribution < -0.4 is 10.2 Å². The number of carbonyl (C=O) groups is 3. The van der Waals surface area contributed by atoms with E-state index in [0.29, 0.717) is 22.8 Å². The van der Waals surface area contributed by atoms with Crippen LogP contribution >= 0.6 is 11.6 Å². The van der Waals surface area contributed by atoms with Crippen molar-refractivity contribution in [3.8, 4) is 0 Å². The summed E-state index contributed by atoms with van der Waals surface area (Å²) >= 11 is 5.83. The van der Waals surface area contributed by atoms with Crippen LogP contribution in [-0.4, -0.2) is 24.1 Å². The Bertz CT molecular complexity index is 788. The van der Waals surface area contributed by atoms with Crippen molar-refractivity contribution in [1.82, 2.24) is 5.32 Å². The first-order valence-electron chi connectivity index (χ1n) is 7.77. The second-order valence-corrected chi connectivity index (χ2v) is 6.05. The third-order valence-electron chi connectivity index (χ3n) is 3.65. The predicted molar refractivity (Wildman–Crippen MR) is 97.8 cm³/mol. The molecule has 130 valence electrons. The first-order chi connectivity index (χ1) is 11.9. The summed E-state index contributed by atoms with van der Waals surface area (Å²) < 4.78 is 0. The molecule has 0 bridgehead atoms. The Morgan fingerprint density at radius 2 is 1.72 bits per heavy atom. The summed E-state index contributed by atoms with van der Waals surface area (Å²) in [7, 11) is 0. The molecule has 2 rings (SSSR count). The van der Waals surface area contributed by atoms with Crippen LogP contribution in [0.3, 0.4) is 0 Å². The molecule has 25 heavy (non-hydrogen) atoms. The van der Waals surface area contributed by atoms with E-state index in [2.05, 4.69) is 5.32 Å². The summed E-state index contributed by atoms with van der Waals surface area (Å²) in [5.41, 5.74) is 1.91. The Balaban J connectivity index is 2.04. The fourth-order valence-corrected chi connectivity index (χ4v) is 2.41. The SMILES string of the molecule is CC(=O)c1cccc(N(CC(=O)NCc2ccc(Cl)cc2)C(C)=O)c1. The van der Waals surface area contributed by atoms with Crippen LogP contribution in [0.5, 0.6) is 0 Å². The molecule has 1 N–H and O–H groups in total. The molecule has 0 aliphatic carbocycles.